The van der Waals surface area contributed by atoms with Gasteiger partial charge in [-0.3, -0.25) is 18.8 Å². The van der Waals surface area contributed by atoms with Gasteiger partial charge in [0.25, 0.3) is 5.56 Å². The Bertz CT molecular complexity index is 1080. The molecule has 0 spiro atoms. The number of esters is 1. The van der Waals surface area contributed by atoms with Crippen LogP contribution in [0.25, 0.3) is 11.0 Å². The van der Waals surface area contributed by atoms with Crippen LogP contribution >= 0.6 is 0 Å². The Kier molecular flexibility index (Phi) is 4.19. The van der Waals surface area contributed by atoms with Gasteiger partial charge in [-0.25, -0.2) is 9.78 Å². The molecule has 2 aromatic heterocycles. The number of amides is 1. The lowest BCUT2D eigenvalue weighted by Crippen LogP contribution is -2.27. The number of fused-ring (bicyclic) bond motifs is 1. The highest BCUT2D eigenvalue weighted by atomic mass is 16.5. The first-order chi connectivity index (χ1) is 13.0. The van der Waals surface area contributed by atoms with Gasteiger partial charge in [0.1, 0.15) is 24.0 Å². The molecule has 0 atom stereocenters. The summed E-state index contributed by atoms with van der Waals surface area (Å²) in [5.41, 5.74) is 0.879. The van der Waals surface area contributed by atoms with E-state index in [1.165, 1.54) is 21.8 Å². The Hall–Kier alpha value is -3.49. The quantitative estimate of drug-likeness (QED) is 0.501. The molecule has 0 radical (unpaired) electrons. The fourth-order valence-electron chi connectivity index (χ4n) is 3.10. The van der Waals surface area contributed by atoms with Crippen molar-refractivity contribution in [3.05, 3.63) is 47.1 Å². The molecule has 1 fully saturated rings. The molecule has 3 aromatic rings. The molecule has 1 amide bonds. The maximum atomic E-state index is 12.4. The number of aromatic nitrogens is 4. The van der Waals surface area contributed by atoms with E-state index in [0.29, 0.717) is 29.7 Å². The van der Waals surface area contributed by atoms with Crippen molar-refractivity contribution in [1.82, 2.24) is 19.3 Å². The van der Waals surface area contributed by atoms with Crippen LogP contribution in [0.15, 0.2) is 41.6 Å². The first kappa shape index (κ1) is 17.0. The minimum absolute atomic E-state index is 0.0948. The summed E-state index contributed by atoms with van der Waals surface area (Å²) in [6.07, 6.45) is 4.13. The largest absolute Gasteiger partial charge is 0.425 e. The molecule has 9 nitrogen and oxygen atoms in total. The van der Waals surface area contributed by atoms with Crippen LogP contribution < -0.4 is 15.2 Å². The van der Waals surface area contributed by atoms with E-state index < -0.39 is 5.97 Å². The fraction of sp³-hybridized carbons (Fsp3) is 0.278. The molecule has 3 heterocycles. The Morgan fingerprint density at radius 1 is 1.22 bits per heavy atom. The van der Waals surface area contributed by atoms with Gasteiger partial charge in [0.05, 0.1) is 6.20 Å². The van der Waals surface area contributed by atoms with Crippen molar-refractivity contribution >= 4 is 28.6 Å². The lowest BCUT2D eigenvalue weighted by atomic mass is 10.3. The number of nitrogens with zero attached hydrogens (tertiary/aromatic N) is 5. The topological polar surface area (TPSA) is 99.3 Å². The third-order valence-corrected chi connectivity index (χ3v) is 4.47. The summed E-state index contributed by atoms with van der Waals surface area (Å²) < 4.78 is 7.96. The van der Waals surface area contributed by atoms with Gasteiger partial charge < -0.3 is 9.64 Å². The highest BCUT2D eigenvalue weighted by Crippen LogP contribution is 2.24. The fourth-order valence-corrected chi connectivity index (χ4v) is 3.10. The summed E-state index contributed by atoms with van der Waals surface area (Å²) in [6, 6.07) is 6.73. The lowest BCUT2D eigenvalue weighted by Gasteiger charge is -2.15. The van der Waals surface area contributed by atoms with E-state index >= 15 is 0 Å². The molecule has 1 aromatic carbocycles. The number of aryl methyl sites for hydroxylation is 1. The number of hydrogen-bond donors (Lipinski definition) is 0. The van der Waals surface area contributed by atoms with Gasteiger partial charge in [-0.2, -0.15) is 5.10 Å². The Morgan fingerprint density at radius 3 is 2.70 bits per heavy atom. The lowest BCUT2D eigenvalue weighted by molar-refractivity contribution is -0.135. The first-order valence-corrected chi connectivity index (χ1v) is 8.51. The molecule has 138 valence electrons. The Labute approximate surface area is 153 Å². The van der Waals surface area contributed by atoms with Crippen LogP contribution in [-0.4, -0.2) is 37.8 Å². The van der Waals surface area contributed by atoms with Crippen molar-refractivity contribution in [1.29, 1.82) is 0 Å². The summed E-state index contributed by atoms with van der Waals surface area (Å²) >= 11 is 0. The number of benzene rings is 1. The van der Waals surface area contributed by atoms with Crippen LogP contribution in [0.3, 0.4) is 0 Å². The van der Waals surface area contributed by atoms with Gasteiger partial charge in [0.2, 0.25) is 5.91 Å². The van der Waals surface area contributed by atoms with Crippen molar-refractivity contribution in [2.75, 3.05) is 11.4 Å². The number of hydrogen-bond acceptors (Lipinski definition) is 6. The normalized spacial score (nSPS) is 14.1. The van der Waals surface area contributed by atoms with Crippen molar-refractivity contribution in [3.8, 4) is 5.75 Å². The first-order valence-electron chi connectivity index (χ1n) is 8.51. The van der Waals surface area contributed by atoms with E-state index in [9.17, 15) is 14.4 Å². The molecule has 0 N–H and O–H groups in total. The third kappa shape index (κ3) is 3.19. The maximum Gasteiger partial charge on any atom is 0.331 e. The number of rotatable bonds is 4. The van der Waals surface area contributed by atoms with Crippen molar-refractivity contribution in [2.24, 2.45) is 7.05 Å². The highest BCUT2D eigenvalue weighted by molar-refractivity contribution is 5.95. The van der Waals surface area contributed by atoms with Gasteiger partial charge >= 0.3 is 5.97 Å². The van der Waals surface area contributed by atoms with E-state index in [0.717, 1.165) is 12.1 Å². The maximum absolute atomic E-state index is 12.4. The average Bonchev–Trinajstić information content (AvgIpc) is 3.24. The van der Waals surface area contributed by atoms with Crippen molar-refractivity contribution < 1.29 is 14.3 Å². The minimum atomic E-state index is -0.591. The Balaban J connectivity index is 1.46. The summed E-state index contributed by atoms with van der Waals surface area (Å²) in [7, 11) is 1.69. The van der Waals surface area contributed by atoms with E-state index in [1.54, 1.807) is 36.2 Å². The van der Waals surface area contributed by atoms with Gasteiger partial charge in [-0.15, -0.1) is 0 Å². The summed E-state index contributed by atoms with van der Waals surface area (Å²) in [5, 5.41) is 4.33. The van der Waals surface area contributed by atoms with Crippen LogP contribution in [0.1, 0.15) is 12.8 Å². The van der Waals surface area contributed by atoms with E-state index in [2.05, 4.69) is 10.1 Å². The van der Waals surface area contributed by atoms with E-state index in [1.807, 2.05) is 0 Å². The molecule has 9 heteroatoms. The molecular weight excluding hydrogens is 350 g/mol. The molecule has 27 heavy (non-hydrogen) atoms. The summed E-state index contributed by atoms with van der Waals surface area (Å²) in [6.45, 7) is 0.438. The molecule has 0 aliphatic carbocycles. The van der Waals surface area contributed by atoms with Crippen molar-refractivity contribution in [3.63, 3.8) is 0 Å². The second-order valence-corrected chi connectivity index (χ2v) is 6.30. The summed E-state index contributed by atoms with van der Waals surface area (Å²) in [4.78, 5) is 42.2. The van der Waals surface area contributed by atoms with Crippen LogP contribution in [-0.2, 0) is 23.2 Å². The second kappa shape index (κ2) is 6.67. The van der Waals surface area contributed by atoms with Gasteiger partial charge in [-0.05, 0) is 30.7 Å². The molecule has 1 aliphatic rings. The Morgan fingerprint density at radius 2 is 2.00 bits per heavy atom. The number of carbonyl (C=O) groups excluding carboxylic acids is 2. The SMILES string of the molecule is Cn1ncc2c(=O)n(CC(=O)Oc3ccc(N4CCCC4=O)cc3)cnc21. The van der Waals surface area contributed by atoms with Crippen LogP contribution in [0.2, 0.25) is 0 Å². The number of anilines is 1. The highest BCUT2D eigenvalue weighted by Gasteiger charge is 2.21. The zero-order chi connectivity index (χ0) is 19.0. The predicted molar refractivity (Wildman–Crippen MR) is 96.4 cm³/mol. The average molecular weight is 367 g/mol. The predicted octanol–water partition coefficient (Wildman–Crippen LogP) is 0.862. The molecular formula is C18H17N5O4. The molecule has 1 saturated heterocycles. The zero-order valence-electron chi connectivity index (χ0n) is 14.7. The van der Waals surface area contributed by atoms with Crippen molar-refractivity contribution in [2.45, 2.75) is 19.4 Å². The zero-order valence-corrected chi connectivity index (χ0v) is 14.7. The van der Waals surface area contributed by atoms with E-state index in [-0.39, 0.29) is 18.0 Å². The minimum Gasteiger partial charge on any atom is -0.425 e. The standard InChI is InChI=1S/C18H17N5O4/c1-21-17-14(9-20-21)18(26)22(11-19-17)10-16(25)27-13-6-4-12(5-7-13)23-8-2-3-15(23)24/h4-7,9,11H,2-3,8,10H2,1H3. The number of ether oxygens (including phenoxy) is 1. The monoisotopic (exact) mass is 367 g/mol. The van der Waals surface area contributed by atoms with Crippen LogP contribution in [0.4, 0.5) is 5.69 Å². The second-order valence-electron chi connectivity index (χ2n) is 6.30. The van der Waals surface area contributed by atoms with Crippen LogP contribution in [0, 0.1) is 0 Å². The molecule has 0 bridgehead atoms. The van der Waals surface area contributed by atoms with Gasteiger partial charge in [-0.1, -0.05) is 0 Å². The molecule has 4 rings (SSSR count). The number of carbonyl (C=O) groups is 2. The van der Waals surface area contributed by atoms with Crippen LogP contribution in [0.5, 0.6) is 5.75 Å². The van der Waals surface area contributed by atoms with Gasteiger partial charge in [0.15, 0.2) is 5.65 Å². The molecule has 1 aliphatic heterocycles. The third-order valence-electron chi connectivity index (χ3n) is 4.47. The molecule has 0 unspecified atom stereocenters. The summed E-state index contributed by atoms with van der Waals surface area (Å²) in [5.74, 6) is -0.150. The van der Waals surface area contributed by atoms with Gasteiger partial charge in [0, 0.05) is 25.7 Å². The van der Waals surface area contributed by atoms with E-state index in [4.69, 9.17) is 4.74 Å². The smallest absolute Gasteiger partial charge is 0.331 e. The molecule has 0 saturated carbocycles.